The molecule has 0 spiro atoms. The molecular weight excluding hydrogens is 285 g/mol. The van der Waals surface area contributed by atoms with Crippen LogP contribution < -0.4 is 0 Å². The summed E-state index contributed by atoms with van der Waals surface area (Å²) in [7, 11) is 0. The van der Waals surface area contributed by atoms with Crippen molar-refractivity contribution in [3.63, 3.8) is 0 Å². The number of benzene rings is 2. The van der Waals surface area contributed by atoms with Gasteiger partial charge in [0, 0.05) is 5.56 Å². The van der Waals surface area contributed by atoms with Gasteiger partial charge >= 0.3 is 0 Å². The first kappa shape index (κ1) is 12.6. The van der Waals surface area contributed by atoms with E-state index in [1.165, 1.54) is 12.1 Å². The normalized spacial score (nSPS) is 11.1. The molecule has 4 aromatic rings. The number of hydrogen-bond donors (Lipinski definition) is 0. The SMILES string of the molecule is Fc1cccc(-c2nnc(Cn3nnc4ccccc43)o2)c1. The maximum Gasteiger partial charge on any atom is 0.247 e. The molecule has 22 heavy (non-hydrogen) atoms. The highest BCUT2D eigenvalue weighted by Crippen LogP contribution is 2.19. The van der Waals surface area contributed by atoms with Crippen molar-refractivity contribution in [1.29, 1.82) is 0 Å². The standard InChI is InChI=1S/C15H10FN5O/c16-11-5-3-4-10(8-11)15-19-18-14(22-15)9-21-13-7-2-1-6-12(13)17-20-21/h1-8H,9H2. The molecule has 0 aliphatic rings. The van der Waals surface area contributed by atoms with Crippen LogP contribution in [0.3, 0.4) is 0 Å². The minimum atomic E-state index is -0.348. The molecule has 0 saturated heterocycles. The minimum absolute atomic E-state index is 0.277. The summed E-state index contributed by atoms with van der Waals surface area (Å²) in [5.74, 6) is 0.313. The Hall–Kier alpha value is -3.09. The van der Waals surface area contributed by atoms with E-state index in [0.717, 1.165) is 11.0 Å². The Kier molecular flexibility index (Phi) is 2.89. The van der Waals surface area contributed by atoms with Crippen molar-refractivity contribution in [2.75, 3.05) is 0 Å². The molecule has 0 saturated carbocycles. The summed E-state index contributed by atoms with van der Waals surface area (Å²) in [5, 5.41) is 16.1. The van der Waals surface area contributed by atoms with E-state index < -0.39 is 0 Å². The monoisotopic (exact) mass is 295 g/mol. The van der Waals surface area contributed by atoms with Crippen LogP contribution in [0.5, 0.6) is 0 Å². The zero-order valence-corrected chi connectivity index (χ0v) is 11.3. The number of halogens is 1. The van der Waals surface area contributed by atoms with Gasteiger partial charge in [0.25, 0.3) is 0 Å². The van der Waals surface area contributed by atoms with E-state index in [-0.39, 0.29) is 11.7 Å². The van der Waals surface area contributed by atoms with Gasteiger partial charge in [0.15, 0.2) is 0 Å². The summed E-state index contributed by atoms with van der Waals surface area (Å²) < 4.78 is 20.5. The van der Waals surface area contributed by atoms with Gasteiger partial charge in [-0.2, -0.15) is 0 Å². The lowest BCUT2D eigenvalue weighted by molar-refractivity contribution is 0.473. The summed E-state index contributed by atoms with van der Waals surface area (Å²) >= 11 is 0. The van der Waals surface area contributed by atoms with Crippen molar-refractivity contribution in [1.82, 2.24) is 25.2 Å². The number of nitrogens with zero attached hydrogens (tertiary/aromatic N) is 5. The number of para-hydroxylation sites is 1. The molecule has 0 N–H and O–H groups in total. The lowest BCUT2D eigenvalue weighted by Crippen LogP contribution is -2.02. The van der Waals surface area contributed by atoms with E-state index >= 15 is 0 Å². The largest absolute Gasteiger partial charge is 0.419 e. The van der Waals surface area contributed by atoms with Crippen LogP contribution in [0.1, 0.15) is 5.89 Å². The fourth-order valence-electron chi connectivity index (χ4n) is 2.22. The summed E-state index contributed by atoms with van der Waals surface area (Å²) in [6, 6.07) is 13.6. The Morgan fingerprint density at radius 1 is 1.00 bits per heavy atom. The topological polar surface area (TPSA) is 69.6 Å². The third kappa shape index (κ3) is 2.22. The molecule has 0 aliphatic heterocycles. The molecular formula is C15H10FN5O. The van der Waals surface area contributed by atoms with E-state index in [1.807, 2.05) is 24.3 Å². The predicted octanol–water partition coefficient (Wildman–Crippen LogP) is 2.67. The van der Waals surface area contributed by atoms with Crippen LogP contribution in [-0.4, -0.2) is 25.2 Å². The molecule has 6 nitrogen and oxygen atoms in total. The molecule has 108 valence electrons. The van der Waals surface area contributed by atoms with Crippen LogP contribution in [0.25, 0.3) is 22.5 Å². The molecule has 0 radical (unpaired) electrons. The van der Waals surface area contributed by atoms with Crippen molar-refractivity contribution < 1.29 is 8.81 Å². The van der Waals surface area contributed by atoms with Gasteiger partial charge < -0.3 is 4.42 Å². The van der Waals surface area contributed by atoms with E-state index in [1.54, 1.807) is 16.8 Å². The summed E-state index contributed by atoms with van der Waals surface area (Å²) in [4.78, 5) is 0. The summed E-state index contributed by atoms with van der Waals surface area (Å²) in [6.07, 6.45) is 0. The molecule has 2 aromatic carbocycles. The fraction of sp³-hybridized carbons (Fsp3) is 0.0667. The first-order valence-electron chi connectivity index (χ1n) is 6.66. The Morgan fingerprint density at radius 2 is 1.91 bits per heavy atom. The second-order valence-electron chi connectivity index (χ2n) is 4.75. The molecule has 0 bridgehead atoms. The Labute approximate surface area is 124 Å². The van der Waals surface area contributed by atoms with Gasteiger partial charge in [-0.3, -0.25) is 0 Å². The fourth-order valence-corrected chi connectivity index (χ4v) is 2.22. The van der Waals surface area contributed by atoms with E-state index in [4.69, 9.17) is 4.42 Å². The second-order valence-corrected chi connectivity index (χ2v) is 4.75. The molecule has 0 fully saturated rings. The maximum atomic E-state index is 13.2. The highest BCUT2D eigenvalue weighted by Gasteiger charge is 2.12. The predicted molar refractivity (Wildman–Crippen MR) is 76.3 cm³/mol. The van der Waals surface area contributed by atoms with Crippen LogP contribution in [0, 0.1) is 5.82 Å². The third-order valence-electron chi connectivity index (χ3n) is 3.24. The van der Waals surface area contributed by atoms with E-state index in [0.29, 0.717) is 18.0 Å². The van der Waals surface area contributed by atoms with Gasteiger partial charge in [-0.1, -0.05) is 23.4 Å². The first-order valence-corrected chi connectivity index (χ1v) is 6.66. The summed E-state index contributed by atoms with van der Waals surface area (Å²) in [5.41, 5.74) is 2.22. The highest BCUT2D eigenvalue weighted by molar-refractivity contribution is 5.73. The Morgan fingerprint density at radius 3 is 2.82 bits per heavy atom. The molecule has 4 rings (SSSR count). The summed E-state index contributed by atoms with van der Waals surface area (Å²) in [6.45, 7) is 0.308. The average Bonchev–Trinajstić information content (AvgIpc) is 3.16. The molecule has 0 atom stereocenters. The quantitative estimate of drug-likeness (QED) is 0.581. The van der Waals surface area contributed by atoms with Crippen LogP contribution >= 0.6 is 0 Å². The average molecular weight is 295 g/mol. The van der Waals surface area contributed by atoms with Crippen LogP contribution in [0.2, 0.25) is 0 Å². The van der Waals surface area contributed by atoms with Crippen molar-refractivity contribution in [3.8, 4) is 11.5 Å². The maximum absolute atomic E-state index is 13.2. The van der Waals surface area contributed by atoms with Gasteiger partial charge in [-0.05, 0) is 30.3 Å². The third-order valence-corrected chi connectivity index (χ3v) is 3.24. The van der Waals surface area contributed by atoms with Crippen molar-refractivity contribution in [2.24, 2.45) is 0 Å². The zero-order chi connectivity index (χ0) is 14.9. The smallest absolute Gasteiger partial charge is 0.247 e. The van der Waals surface area contributed by atoms with Gasteiger partial charge in [0.1, 0.15) is 17.9 Å². The molecule has 2 aromatic heterocycles. The lowest BCUT2D eigenvalue weighted by Gasteiger charge is -1.97. The van der Waals surface area contributed by atoms with Gasteiger partial charge in [0.05, 0.1) is 5.52 Å². The van der Waals surface area contributed by atoms with Gasteiger partial charge in [-0.15, -0.1) is 15.3 Å². The van der Waals surface area contributed by atoms with Crippen molar-refractivity contribution in [2.45, 2.75) is 6.54 Å². The number of rotatable bonds is 3. The van der Waals surface area contributed by atoms with Crippen LogP contribution in [0.15, 0.2) is 52.9 Å². The van der Waals surface area contributed by atoms with Crippen LogP contribution in [-0.2, 0) is 6.54 Å². The van der Waals surface area contributed by atoms with Gasteiger partial charge in [-0.25, -0.2) is 9.07 Å². The molecule has 0 amide bonds. The lowest BCUT2D eigenvalue weighted by atomic mass is 10.2. The van der Waals surface area contributed by atoms with Crippen molar-refractivity contribution >= 4 is 11.0 Å². The van der Waals surface area contributed by atoms with Crippen LogP contribution in [0.4, 0.5) is 4.39 Å². The van der Waals surface area contributed by atoms with Crippen molar-refractivity contribution in [3.05, 3.63) is 60.2 Å². The Balaban J connectivity index is 1.65. The molecule has 0 unspecified atom stereocenters. The Bertz CT molecular complexity index is 946. The molecule has 0 aliphatic carbocycles. The minimum Gasteiger partial charge on any atom is -0.419 e. The van der Waals surface area contributed by atoms with E-state index in [2.05, 4.69) is 20.5 Å². The van der Waals surface area contributed by atoms with Gasteiger partial charge in [0.2, 0.25) is 11.8 Å². The van der Waals surface area contributed by atoms with E-state index in [9.17, 15) is 4.39 Å². The number of hydrogen-bond acceptors (Lipinski definition) is 5. The molecule has 2 heterocycles. The number of aromatic nitrogens is 5. The highest BCUT2D eigenvalue weighted by atomic mass is 19.1. The second kappa shape index (κ2) is 5.03. The molecule has 7 heteroatoms. The zero-order valence-electron chi connectivity index (χ0n) is 11.3. The number of fused-ring (bicyclic) bond motifs is 1. The first-order chi connectivity index (χ1) is 10.8.